The summed E-state index contributed by atoms with van der Waals surface area (Å²) in [4.78, 5) is 17.6. The number of fused-ring (bicyclic) bond motifs is 1. The zero-order valence-corrected chi connectivity index (χ0v) is 16.5. The molecule has 0 saturated heterocycles. The van der Waals surface area contributed by atoms with Crippen molar-refractivity contribution in [3.05, 3.63) is 77.9 Å². The number of amides is 1. The molecule has 156 valence electrons. The second kappa shape index (κ2) is 7.79. The van der Waals surface area contributed by atoms with Crippen LogP contribution in [0.15, 0.2) is 54.7 Å². The molecule has 5 rings (SSSR count). The quantitative estimate of drug-likeness (QED) is 0.499. The summed E-state index contributed by atoms with van der Waals surface area (Å²) in [5.41, 5.74) is 2.75. The number of rotatable bonds is 4. The largest absolute Gasteiger partial charge is 0.334 e. The molecule has 0 fully saturated rings. The van der Waals surface area contributed by atoms with Gasteiger partial charge in [0.15, 0.2) is 0 Å². The van der Waals surface area contributed by atoms with E-state index >= 15 is 0 Å². The van der Waals surface area contributed by atoms with Crippen molar-refractivity contribution < 1.29 is 13.6 Å². The molecule has 1 amide bonds. The molecule has 31 heavy (non-hydrogen) atoms. The van der Waals surface area contributed by atoms with Crippen molar-refractivity contribution in [1.82, 2.24) is 19.7 Å². The number of H-pyrrole nitrogens is 1. The van der Waals surface area contributed by atoms with Crippen molar-refractivity contribution in [3.63, 3.8) is 0 Å². The van der Waals surface area contributed by atoms with Crippen molar-refractivity contribution >= 4 is 11.6 Å². The smallest absolute Gasteiger partial charge is 0.273 e. The molecule has 0 radical (unpaired) electrons. The second-order valence-corrected chi connectivity index (χ2v) is 7.48. The summed E-state index contributed by atoms with van der Waals surface area (Å²) < 4.78 is 29.3. The Morgan fingerprint density at radius 1 is 1.03 bits per heavy atom. The van der Waals surface area contributed by atoms with Gasteiger partial charge in [-0.1, -0.05) is 18.2 Å². The van der Waals surface area contributed by atoms with Crippen LogP contribution in [-0.4, -0.2) is 25.7 Å². The summed E-state index contributed by atoms with van der Waals surface area (Å²) in [6.45, 7) is 0.952. The highest BCUT2D eigenvalue weighted by Gasteiger charge is 2.18. The van der Waals surface area contributed by atoms with Gasteiger partial charge >= 0.3 is 0 Å². The average Bonchev–Trinajstić information content (AvgIpc) is 3.41. The summed E-state index contributed by atoms with van der Waals surface area (Å²) in [7, 11) is 0. The van der Waals surface area contributed by atoms with Gasteiger partial charge in [-0.2, -0.15) is 5.10 Å². The van der Waals surface area contributed by atoms with E-state index < -0.39 is 17.5 Å². The lowest BCUT2D eigenvalue weighted by molar-refractivity contribution is 0.102. The van der Waals surface area contributed by atoms with Crippen LogP contribution < -0.4 is 5.32 Å². The van der Waals surface area contributed by atoms with E-state index in [0.29, 0.717) is 5.69 Å². The third kappa shape index (κ3) is 3.72. The summed E-state index contributed by atoms with van der Waals surface area (Å²) in [6, 6.07) is 12.1. The fraction of sp³-hybridized carbons (Fsp3) is 0.174. The minimum Gasteiger partial charge on any atom is -0.334 e. The first kappa shape index (κ1) is 19.2. The number of aromatic amines is 1. The van der Waals surface area contributed by atoms with E-state index in [2.05, 4.69) is 20.1 Å². The van der Waals surface area contributed by atoms with E-state index in [-0.39, 0.29) is 17.0 Å². The van der Waals surface area contributed by atoms with Crippen LogP contribution in [0.1, 0.15) is 29.2 Å². The van der Waals surface area contributed by atoms with Gasteiger partial charge in [-0.3, -0.25) is 9.89 Å². The maximum Gasteiger partial charge on any atom is 0.273 e. The van der Waals surface area contributed by atoms with Gasteiger partial charge < -0.3 is 9.88 Å². The number of halogens is 2. The van der Waals surface area contributed by atoms with Crippen LogP contribution in [0.2, 0.25) is 0 Å². The normalized spacial score (nSPS) is 13.1. The molecular weight excluding hydrogens is 400 g/mol. The molecule has 4 aromatic rings. The Morgan fingerprint density at radius 3 is 2.74 bits per heavy atom. The Balaban J connectivity index is 1.40. The summed E-state index contributed by atoms with van der Waals surface area (Å²) >= 11 is 0. The van der Waals surface area contributed by atoms with E-state index in [4.69, 9.17) is 4.98 Å². The van der Waals surface area contributed by atoms with Gasteiger partial charge in [0.05, 0.1) is 17.1 Å². The van der Waals surface area contributed by atoms with Gasteiger partial charge in [0.1, 0.15) is 23.2 Å². The van der Waals surface area contributed by atoms with Crippen LogP contribution in [0.25, 0.3) is 22.5 Å². The molecule has 6 nitrogen and oxygen atoms in total. The first-order valence-electron chi connectivity index (χ1n) is 10.1. The number of aryl methyl sites for hydroxylation is 2. The number of carbonyl (C=O) groups is 1. The van der Waals surface area contributed by atoms with Crippen molar-refractivity contribution in [2.75, 3.05) is 5.32 Å². The highest BCUT2D eigenvalue weighted by atomic mass is 19.1. The van der Waals surface area contributed by atoms with E-state index in [0.717, 1.165) is 55.0 Å². The molecule has 0 aliphatic carbocycles. The molecule has 0 spiro atoms. The number of carbonyl (C=O) groups excluding carboxylic acids is 1. The van der Waals surface area contributed by atoms with Crippen molar-refractivity contribution in [1.29, 1.82) is 0 Å². The maximum atomic E-state index is 14.0. The molecule has 2 aromatic carbocycles. The van der Waals surface area contributed by atoms with E-state index in [1.807, 2.05) is 30.5 Å². The summed E-state index contributed by atoms with van der Waals surface area (Å²) in [6.07, 6.45) is 5.24. The summed E-state index contributed by atoms with van der Waals surface area (Å²) in [5, 5.41) is 9.50. The topological polar surface area (TPSA) is 75.6 Å². The Hall–Kier alpha value is -3.81. The highest BCUT2D eigenvalue weighted by Crippen LogP contribution is 2.29. The molecular formula is C23H19F2N5O. The van der Waals surface area contributed by atoms with Gasteiger partial charge in [0.25, 0.3) is 5.91 Å². The number of imidazole rings is 1. The number of hydrogen-bond acceptors (Lipinski definition) is 3. The van der Waals surface area contributed by atoms with Crippen molar-refractivity contribution in [3.8, 4) is 22.5 Å². The molecule has 1 aliphatic heterocycles. The lowest BCUT2D eigenvalue weighted by atomic mass is 10.1. The van der Waals surface area contributed by atoms with E-state index in [1.165, 1.54) is 12.1 Å². The minimum atomic E-state index is -0.743. The van der Waals surface area contributed by atoms with Gasteiger partial charge in [-0.25, -0.2) is 13.8 Å². The number of nitrogens with one attached hydrogen (secondary N) is 2. The van der Waals surface area contributed by atoms with Gasteiger partial charge in [-0.05, 0) is 37.1 Å². The Kier molecular flexibility index (Phi) is 4.82. The first-order valence-corrected chi connectivity index (χ1v) is 10.1. The van der Waals surface area contributed by atoms with Gasteiger partial charge in [0, 0.05) is 36.4 Å². The number of para-hydroxylation sites is 1. The Morgan fingerprint density at radius 2 is 1.90 bits per heavy atom. The van der Waals surface area contributed by atoms with Gasteiger partial charge in [0.2, 0.25) is 0 Å². The molecule has 2 aromatic heterocycles. The third-order valence-corrected chi connectivity index (χ3v) is 5.39. The predicted octanol–water partition coefficient (Wildman–Crippen LogP) is 4.81. The second-order valence-electron chi connectivity index (χ2n) is 7.48. The Bertz CT molecular complexity index is 1250. The first-order chi connectivity index (χ1) is 15.1. The molecule has 0 saturated carbocycles. The monoisotopic (exact) mass is 419 g/mol. The minimum absolute atomic E-state index is 0.112. The number of aromatic nitrogens is 4. The zero-order chi connectivity index (χ0) is 21.4. The van der Waals surface area contributed by atoms with Crippen LogP contribution in [0.5, 0.6) is 0 Å². The standard InChI is InChI=1S/C23H19F2N5O/c24-14-8-9-15(17(25)11-14)19-12-20(29-28-19)23(31)27-18-6-2-1-5-16(18)21-13-30-10-4-3-7-22(30)26-21/h1-2,5-6,8-9,11-13H,3-4,7,10H2,(H,27,31)(H,28,29). The molecule has 0 unspecified atom stereocenters. The van der Waals surface area contributed by atoms with Crippen LogP contribution in [0.4, 0.5) is 14.5 Å². The van der Waals surface area contributed by atoms with Crippen molar-refractivity contribution in [2.24, 2.45) is 0 Å². The molecule has 3 heterocycles. The van der Waals surface area contributed by atoms with Crippen LogP contribution in [-0.2, 0) is 13.0 Å². The predicted molar refractivity (Wildman–Crippen MR) is 112 cm³/mol. The number of anilines is 1. The molecule has 8 heteroatoms. The lowest BCUT2D eigenvalue weighted by Crippen LogP contribution is -2.13. The lowest BCUT2D eigenvalue weighted by Gasteiger charge is -2.11. The average molecular weight is 419 g/mol. The van der Waals surface area contributed by atoms with E-state index in [1.54, 1.807) is 0 Å². The van der Waals surface area contributed by atoms with Crippen LogP contribution in [0, 0.1) is 11.6 Å². The number of benzene rings is 2. The molecule has 2 N–H and O–H groups in total. The fourth-order valence-corrected chi connectivity index (χ4v) is 3.82. The SMILES string of the molecule is O=C(Nc1ccccc1-c1cn2c(n1)CCCC2)c1cc(-c2ccc(F)cc2F)n[nH]1. The van der Waals surface area contributed by atoms with Gasteiger partial charge in [-0.15, -0.1) is 0 Å². The summed E-state index contributed by atoms with van der Waals surface area (Å²) in [5.74, 6) is -0.778. The Labute approximate surface area is 177 Å². The molecule has 0 atom stereocenters. The fourth-order valence-electron chi connectivity index (χ4n) is 3.82. The number of hydrogen-bond donors (Lipinski definition) is 2. The molecule has 0 bridgehead atoms. The maximum absolute atomic E-state index is 14.0. The van der Waals surface area contributed by atoms with Crippen molar-refractivity contribution in [2.45, 2.75) is 25.8 Å². The zero-order valence-electron chi connectivity index (χ0n) is 16.5. The molecule has 1 aliphatic rings. The number of nitrogens with zero attached hydrogens (tertiary/aromatic N) is 3. The highest BCUT2D eigenvalue weighted by molar-refractivity contribution is 6.05. The van der Waals surface area contributed by atoms with Crippen LogP contribution in [0.3, 0.4) is 0 Å². The third-order valence-electron chi connectivity index (χ3n) is 5.39. The van der Waals surface area contributed by atoms with E-state index in [9.17, 15) is 13.6 Å². The van der Waals surface area contributed by atoms with Crippen LogP contribution >= 0.6 is 0 Å².